The van der Waals surface area contributed by atoms with Gasteiger partial charge >= 0.3 is 0 Å². The zero-order chi connectivity index (χ0) is 10.2. The van der Waals surface area contributed by atoms with Crippen LogP contribution >= 0.6 is 12.4 Å². The summed E-state index contributed by atoms with van der Waals surface area (Å²) in [5.41, 5.74) is 0.210. The molecule has 0 saturated carbocycles. The molecule has 0 aliphatic carbocycles. The molecule has 0 spiro atoms. The minimum atomic E-state index is -0.426. The summed E-state index contributed by atoms with van der Waals surface area (Å²) in [7, 11) is 0. The lowest BCUT2D eigenvalue weighted by atomic mass is 9.89. The number of hydrogen-bond acceptors (Lipinski definition) is 2. The van der Waals surface area contributed by atoms with Gasteiger partial charge in [-0.15, -0.1) is 12.4 Å². The second-order valence-electron chi connectivity index (χ2n) is 4.05. The average molecular weight is 232 g/mol. The quantitative estimate of drug-likeness (QED) is 0.773. The summed E-state index contributed by atoms with van der Waals surface area (Å²) in [6, 6.07) is 6.71. The van der Waals surface area contributed by atoms with Crippen molar-refractivity contribution in [3.63, 3.8) is 0 Å². The van der Waals surface area contributed by atoms with Gasteiger partial charge in [0.15, 0.2) is 0 Å². The Labute approximate surface area is 94.9 Å². The van der Waals surface area contributed by atoms with Gasteiger partial charge in [-0.1, -0.05) is 18.2 Å². The van der Waals surface area contributed by atoms with Gasteiger partial charge in [-0.05, 0) is 19.4 Å². The maximum atomic E-state index is 13.5. The first kappa shape index (κ1) is 12.4. The zero-order valence-electron chi connectivity index (χ0n) is 8.53. The van der Waals surface area contributed by atoms with E-state index < -0.39 is 5.54 Å². The number of halogens is 2. The topological polar surface area (TPSA) is 32.3 Å². The van der Waals surface area contributed by atoms with Crippen LogP contribution in [0.2, 0.25) is 0 Å². The molecule has 1 saturated heterocycles. The molecule has 1 aliphatic rings. The van der Waals surface area contributed by atoms with Crippen molar-refractivity contribution in [3.8, 4) is 0 Å². The second kappa shape index (κ2) is 4.47. The number of aliphatic hydroxyl groups excluding tert-OH is 1. The summed E-state index contributed by atoms with van der Waals surface area (Å²) in [6.45, 7) is 2.45. The van der Waals surface area contributed by atoms with Crippen molar-refractivity contribution in [2.45, 2.75) is 25.0 Å². The maximum Gasteiger partial charge on any atom is 0.128 e. The van der Waals surface area contributed by atoms with Gasteiger partial charge in [0.05, 0.1) is 6.10 Å². The summed E-state index contributed by atoms with van der Waals surface area (Å²) >= 11 is 0. The van der Waals surface area contributed by atoms with Crippen LogP contribution in [0, 0.1) is 5.82 Å². The highest BCUT2D eigenvalue weighted by molar-refractivity contribution is 5.85. The van der Waals surface area contributed by atoms with Crippen molar-refractivity contribution in [1.82, 2.24) is 5.32 Å². The van der Waals surface area contributed by atoms with Crippen LogP contribution < -0.4 is 5.32 Å². The number of aliphatic hydroxyl groups is 1. The summed E-state index contributed by atoms with van der Waals surface area (Å²) in [4.78, 5) is 0. The van der Waals surface area contributed by atoms with Gasteiger partial charge < -0.3 is 10.4 Å². The fourth-order valence-electron chi connectivity index (χ4n) is 2.07. The van der Waals surface area contributed by atoms with Crippen molar-refractivity contribution < 1.29 is 9.50 Å². The van der Waals surface area contributed by atoms with Gasteiger partial charge in [-0.25, -0.2) is 4.39 Å². The molecule has 1 fully saturated rings. The third-order valence-electron chi connectivity index (χ3n) is 2.84. The van der Waals surface area contributed by atoms with Gasteiger partial charge in [0.1, 0.15) is 5.82 Å². The van der Waals surface area contributed by atoms with Gasteiger partial charge in [0.25, 0.3) is 0 Å². The van der Waals surface area contributed by atoms with Crippen molar-refractivity contribution in [2.75, 3.05) is 6.54 Å². The van der Waals surface area contributed by atoms with E-state index >= 15 is 0 Å². The Bertz CT molecular complexity index is 347. The maximum absolute atomic E-state index is 13.5. The summed E-state index contributed by atoms with van der Waals surface area (Å²) < 4.78 is 13.5. The molecular weight excluding hydrogens is 217 g/mol. The minimum absolute atomic E-state index is 0. The van der Waals surface area contributed by atoms with Crippen molar-refractivity contribution in [2.24, 2.45) is 0 Å². The molecule has 1 aromatic rings. The van der Waals surface area contributed by atoms with E-state index in [1.807, 2.05) is 13.0 Å². The van der Waals surface area contributed by atoms with E-state index in [0.717, 1.165) is 0 Å². The lowest BCUT2D eigenvalue weighted by molar-refractivity contribution is 0.186. The van der Waals surface area contributed by atoms with Crippen LogP contribution in [0.15, 0.2) is 24.3 Å². The molecule has 2 N–H and O–H groups in total. The Morgan fingerprint density at radius 3 is 2.67 bits per heavy atom. The Hall–Kier alpha value is -0.640. The van der Waals surface area contributed by atoms with Gasteiger partial charge in [-0.3, -0.25) is 0 Å². The molecule has 2 atom stereocenters. The predicted molar refractivity (Wildman–Crippen MR) is 59.6 cm³/mol. The first-order chi connectivity index (χ1) is 6.62. The van der Waals surface area contributed by atoms with Gasteiger partial charge in [0, 0.05) is 17.6 Å². The van der Waals surface area contributed by atoms with E-state index in [1.54, 1.807) is 12.1 Å². The number of benzene rings is 1. The number of nitrogens with one attached hydrogen (secondary N) is 1. The van der Waals surface area contributed by atoms with E-state index in [1.165, 1.54) is 6.07 Å². The van der Waals surface area contributed by atoms with Crippen LogP contribution in [0.5, 0.6) is 0 Å². The third kappa shape index (κ3) is 2.30. The molecule has 84 valence electrons. The molecule has 0 radical (unpaired) electrons. The molecule has 2 nitrogen and oxygen atoms in total. The number of hydrogen-bond donors (Lipinski definition) is 2. The Balaban J connectivity index is 0.00000112. The molecule has 0 bridgehead atoms. The molecule has 1 aliphatic heterocycles. The normalized spacial score (nSPS) is 29.9. The number of β-amino-alcohol motifs (C(OH)–C–C–N with tert-alkyl or cyclic N) is 1. The van der Waals surface area contributed by atoms with Crippen molar-refractivity contribution in [1.29, 1.82) is 0 Å². The van der Waals surface area contributed by atoms with Crippen molar-refractivity contribution in [3.05, 3.63) is 35.6 Å². The fourth-order valence-corrected chi connectivity index (χ4v) is 2.07. The monoisotopic (exact) mass is 231 g/mol. The lowest BCUT2D eigenvalue weighted by Gasteiger charge is -2.25. The zero-order valence-corrected chi connectivity index (χ0v) is 9.35. The van der Waals surface area contributed by atoms with Crippen LogP contribution in [-0.4, -0.2) is 17.8 Å². The minimum Gasteiger partial charge on any atom is -0.392 e. The molecule has 0 aromatic heterocycles. The van der Waals surface area contributed by atoms with E-state index in [0.29, 0.717) is 18.5 Å². The molecule has 15 heavy (non-hydrogen) atoms. The average Bonchev–Trinajstić information content (AvgIpc) is 2.48. The van der Waals surface area contributed by atoms with Crippen molar-refractivity contribution >= 4 is 12.4 Å². The number of rotatable bonds is 1. The molecule has 1 aromatic carbocycles. The second-order valence-corrected chi connectivity index (χ2v) is 4.05. The van der Waals surface area contributed by atoms with Gasteiger partial charge in [0.2, 0.25) is 0 Å². The molecule has 0 amide bonds. The largest absolute Gasteiger partial charge is 0.392 e. The SMILES string of the molecule is CC1(c2ccccc2F)CC(O)CN1.Cl. The van der Waals surface area contributed by atoms with E-state index in [2.05, 4.69) is 5.32 Å². The van der Waals surface area contributed by atoms with E-state index in [-0.39, 0.29) is 24.3 Å². The van der Waals surface area contributed by atoms with Crippen LogP contribution in [0.25, 0.3) is 0 Å². The van der Waals surface area contributed by atoms with E-state index in [9.17, 15) is 9.50 Å². The Morgan fingerprint density at radius 2 is 2.13 bits per heavy atom. The van der Waals surface area contributed by atoms with Crippen LogP contribution in [0.3, 0.4) is 0 Å². The molecule has 2 unspecified atom stereocenters. The molecule has 4 heteroatoms. The van der Waals surface area contributed by atoms with Crippen LogP contribution in [-0.2, 0) is 5.54 Å². The highest BCUT2D eigenvalue weighted by atomic mass is 35.5. The van der Waals surface area contributed by atoms with Crippen LogP contribution in [0.1, 0.15) is 18.9 Å². The molecule has 2 rings (SSSR count). The van der Waals surface area contributed by atoms with E-state index in [4.69, 9.17) is 0 Å². The summed E-state index contributed by atoms with van der Waals surface area (Å²) in [5.74, 6) is -0.211. The molecular formula is C11H15ClFNO. The van der Waals surface area contributed by atoms with Crippen LogP contribution in [0.4, 0.5) is 4.39 Å². The summed E-state index contributed by atoms with van der Waals surface area (Å²) in [5, 5.41) is 12.6. The first-order valence-corrected chi connectivity index (χ1v) is 4.80. The van der Waals surface area contributed by atoms with Gasteiger partial charge in [-0.2, -0.15) is 0 Å². The Morgan fingerprint density at radius 1 is 1.47 bits per heavy atom. The standard InChI is InChI=1S/C11H14FNO.ClH/c1-11(6-8(14)7-13-11)9-4-2-3-5-10(9)12;/h2-5,8,13-14H,6-7H2,1H3;1H. The third-order valence-corrected chi connectivity index (χ3v) is 2.84. The molecule has 1 heterocycles. The highest BCUT2D eigenvalue weighted by Gasteiger charge is 2.36. The Kier molecular flexibility index (Phi) is 3.71. The highest BCUT2D eigenvalue weighted by Crippen LogP contribution is 2.31. The first-order valence-electron chi connectivity index (χ1n) is 4.80. The summed E-state index contributed by atoms with van der Waals surface area (Å²) in [6.07, 6.45) is 0.188. The lowest BCUT2D eigenvalue weighted by Crippen LogP contribution is -2.34. The smallest absolute Gasteiger partial charge is 0.128 e. The predicted octanol–water partition coefficient (Wildman–Crippen LogP) is 1.82. The fraction of sp³-hybridized carbons (Fsp3) is 0.455.